The van der Waals surface area contributed by atoms with Crippen molar-refractivity contribution in [3.63, 3.8) is 0 Å². The Labute approximate surface area is 190 Å². The van der Waals surface area contributed by atoms with Crippen molar-refractivity contribution < 1.29 is 9.21 Å². The lowest BCUT2D eigenvalue weighted by Crippen LogP contribution is -2.25. The van der Waals surface area contributed by atoms with E-state index in [1.54, 1.807) is 10.9 Å². The number of para-hydroxylation sites is 3. The Morgan fingerprint density at radius 3 is 2.48 bits per heavy atom. The predicted molar refractivity (Wildman–Crippen MR) is 129 cm³/mol. The van der Waals surface area contributed by atoms with Gasteiger partial charge in [-0.05, 0) is 36.4 Å². The van der Waals surface area contributed by atoms with E-state index in [4.69, 9.17) is 9.52 Å². The maximum atomic E-state index is 12.2. The number of carbonyl (C=O) groups is 1. The normalized spacial score (nSPS) is 11.2. The van der Waals surface area contributed by atoms with Crippen LogP contribution in [0, 0.1) is 0 Å². The maximum Gasteiger partial charge on any atom is 0.259 e. The molecule has 0 aliphatic carbocycles. The number of anilines is 1. The molecule has 162 valence electrons. The Morgan fingerprint density at radius 2 is 1.70 bits per heavy atom. The summed E-state index contributed by atoms with van der Waals surface area (Å²) in [6, 6.07) is 29.1. The molecule has 0 radical (unpaired) electrons. The number of furan rings is 1. The Bertz CT molecular complexity index is 1370. The van der Waals surface area contributed by atoms with Crippen LogP contribution >= 0.6 is 0 Å². The van der Waals surface area contributed by atoms with Crippen LogP contribution in [-0.2, 0) is 4.79 Å². The van der Waals surface area contributed by atoms with Crippen molar-refractivity contribution in [2.24, 2.45) is 5.10 Å². The summed E-state index contributed by atoms with van der Waals surface area (Å²) in [4.78, 5) is 12.2. The number of hydrazone groups is 1. The van der Waals surface area contributed by atoms with E-state index in [1.165, 1.54) is 0 Å². The second-order valence-corrected chi connectivity index (χ2v) is 7.37. The minimum Gasteiger partial charge on any atom is -0.454 e. The van der Waals surface area contributed by atoms with E-state index in [0.29, 0.717) is 17.0 Å². The van der Waals surface area contributed by atoms with Gasteiger partial charge in [-0.25, -0.2) is 10.1 Å². The molecule has 0 spiro atoms. The molecule has 0 aliphatic heterocycles. The van der Waals surface area contributed by atoms with Gasteiger partial charge in [-0.15, -0.1) is 0 Å². The minimum absolute atomic E-state index is 0.112. The first kappa shape index (κ1) is 20.3. The summed E-state index contributed by atoms with van der Waals surface area (Å²) in [5, 5.41) is 12.9. The van der Waals surface area contributed by atoms with Crippen LogP contribution in [0.25, 0.3) is 28.1 Å². The highest BCUT2D eigenvalue weighted by atomic mass is 16.3. The fourth-order valence-electron chi connectivity index (χ4n) is 3.44. The minimum atomic E-state index is -0.254. The van der Waals surface area contributed by atoms with Gasteiger partial charge in [0.25, 0.3) is 5.91 Å². The van der Waals surface area contributed by atoms with Crippen molar-refractivity contribution in [3.05, 3.63) is 103 Å². The van der Waals surface area contributed by atoms with Crippen LogP contribution in [0.5, 0.6) is 0 Å². The number of carbonyl (C=O) groups excluding carboxylic acids is 1. The Balaban J connectivity index is 1.38. The molecule has 7 heteroatoms. The summed E-state index contributed by atoms with van der Waals surface area (Å²) in [5.41, 5.74) is 6.47. The number of nitrogens with zero attached hydrogens (tertiary/aromatic N) is 3. The van der Waals surface area contributed by atoms with Crippen LogP contribution in [0.3, 0.4) is 0 Å². The number of nitrogens with one attached hydrogen (secondary N) is 2. The van der Waals surface area contributed by atoms with E-state index in [9.17, 15) is 4.79 Å². The molecule has 0 atom stereocenters. The van der Waals surface area contributed by atoms with E-state index in [-0.39, 0.29) is 12.5 Å². The first-order chi connectivity index (χ1) is 16.3. The average Bonchev–Trinajstić information content (AvgIpc) is 3.48. The van der Waals surface area contributed by atoms with Crippen molar-refractivity contribution in [1.82, 2.24) is 15.2 Å². The van der Waals surface area contributed by atoms with Crippen LogP contribution in [-0.4, -0.2) is 28.4 Å². The molecule has 0 bridgehead atoms. The third-order valence-corrected chi connectivity index (χ3v) is 5.04. The first-order valence-corrected chi connectivity index (χ1v) is 10.5. The molecule has 3 aromatic carbocycles. The molecule has 0 saturated heterocycles. The molecule has 7 nitrogen and oxygen atoms in total. The first-order valence-electron chi connectivity index (χ1n) is 10.5. The highest BCUT2D eigenvalue weighted by molar-refractivity contribution is 5.91. The lowest BCUT2D eigenvalue weighted by Gasteiger charge is -2.04. The maximum absolute atomic E-state index is 12.2. The van der Waals surface area contributed by atoms with Gasteiger partial charge < -0.3 is 9.73 Å². The lowest BCUT2D eigenvalue weighted by atomic mass is 10.2. The van der Waals surface area contributed by atoms with Crippen LogP contribution in [0.1, 0.15) is 5.56 Å². The fraction of sp³-hybridized carbons (Fsp3) is 0.0385. The summed E-state index contributed by atoms with van der Waals surface area (Å²) < 4.78 is 7.79. The zero-order valence-corrected chi connectivity index (χ0v) is 17.7. The third-order valence-electron chi connectivity index (χ3n) is 5.04. The third kappa shape index (κ3) is 4.67. The highest BCUT2D eigenvalue weighted by Gasteiger charge is 2.15. The summed E-state index contributed by atoms with van der Waals surface area (Å²) in [6.07, 6.45) is 3.44. The van der Waals surface area contributed by atoms with E-state index < -0.39 is 0 Å². The van der Waals surface area contributed by atoms with Crippen molar-refractivity contribution in [2.75, 3.05) is 11.9 Å². The predicted octanol–water partition coefficient (Wildman–Crippen LogP) is 4.85. The largest absolute Gasteiger partial charge is 0.454 e. The molecule has 2 heterocycles. The monoisotopic (exact) mass is 435 g/mol. The second kappa shape index (κ2) is 9.23. The standard InChI is InChI=1S/C26H21N5O2/c32-25(17-27-21-10-3-1-4-11-21)29-28-16-20-18-31(22-12-5-2-6-13-22)30-26(20)24-15-19-9-7-8-14-23(19)33-24/h1-16,18,27H,17H2,(H,29,32). The Kier molecular flexibility index (Phi) is 5.67. The summed E-state index contributed by atoms with van der Waals surface area (Å²) in [6.45, 7) is 0.112. The molecule has 1 amide bonds. The van der Waals surface area contributed by atoms with E-state index >= 15 is 0 Å². The molecule has 0 unspecified atom stereocenters. The number of rotatable bonds is 7. The zero-order chi connectivity index (χ0) is 22.5. The molecular formula is C26H21N5O2. The number of benzene rings is 3. The van der Waals surface area contributed by atoms with Crippen LogP contribution in [0.4, 0.5) is 5.69 Å². The topological polar surface area (TPSA) is 84.5 Å². The lowest BCUT2D eigenvalue weighted by molar-refractivity contribution is -0.119. The van der Waals surface area contributed by atoms with Gasteiger partial charge in [0.15, 0.2) is 5.76 Å². The summed E-state index contributed by atoms with van der Waals surface area (Å²) >= 11 is 0. The highest BCUT2D eigenvalue weighted by Crippen LogP contribution is 2.29. The molecule has 33 heavy (non-hydrogen) atoms. The van der Waals surface area contributed by atoms with Crippen LogP contribution in [0.15, 0.2) is 107 Å². The Morgan fingerprint density at radius 1 is 0.970 bits per heavy atom. The zero-order valence-electron chi connectivity index (χ0n) is 17.7. The number of aromatic nitrogens is 2. The van der Waals surface area contributed by atoms with Crippen molar-refractivity contribution >= 4 is 28.8 Å². The molecular weight excluding hydrogens is 414 g/mol. The number of hydrogen-bond donors (Lipinski definition) is 2. The summed E-state index contributed by atoms with van der Waals surface area (Å²) in [5.74, 6) is 0.375. The van der Waals surface area contributed by atoms with Crippen molar-refractivity contribution in [3.8, 4) is 17.1 Å². The average molecular weight is 435 g/mol. The van der Waals surface area contributed by atoms with Crippen molar-refractivity contribution in [1.29, 1.82) is 0 Å². The molecule has 0 saturated carbocycles. The molecule has 5 aromatic rings. The molecule has 2 aromatic heterocycles. The molecule has 0 fully saturated rings. The van der Waals surface area contributed by atoms with Gasteiger partial charge in [0.05, 0.1) is 18.4 Å². The van der Waals surface area contributed by atoms with E-state index in [0.717, 1.165) is 22.3 Å². The number of amides is 1. The van der Waals surface area contributed by atoms with E-state index in [2.05, 4.69) is 15.8 Å². The van der Waals surface area contributed by atoms with Gasteiger partial charge in [-0.2, -0.15) is 10.2 Å². The fourth-order valence-corrected chi connectivity index (χ4v) is 3.44. The SMILES string of the molecule is O=C(CNc1ccccc1)NN=Cc1cn(-c2ccccc2)nc1-c1cc2ccccc2o1. The second-order valence-electron chi connectivity index (χ2n) is 7.37. The molecule has 2 N–H and O–H groups in total. The van der Waals surface area contributed by atoms with Gasteiger partial charge in [-0.3, -0.25) is 4.79 Å². The number of fused-ring (bicyclic) bond motifs is 1. The van der Waals surface area contributed by atoms with Crippen molar-refractivity contribution in [2.45, 2.75) is 0 Å². The van der Waals surface area contributed by atoms with Gasteiger partial charge in [0, 0.05) is 22.8 Å². The summed E-state index contributed by atoms with van der Waals surface area (Å²) in [7, 11) is 0. The van der Waals surface area contributed by atoms with Gasteiger partial charge in [-0.1, -0.05) is 54.6 Å². The number of hydrogen-bond acceptors (Lipinski definition) is 5. The quantitative estimate of drug-likeness (QED) is 0.283. The van der Waals surface area contributed by atoms with Gasteiger partial charge >= 0.3 is 0 Å². The Hall–Kier alpha value is -4.65. The van der Waals surface area contributed by atoms with Crippen LogP contribution < -0.4 is 10.7 Å². The molecule has 5 rings (SSSR count). The van der Waals surface area contributed by atoms with E-state index in [1.807, 2.05) is 97.2 Å². The smallest absolute Gasteiger partial charge is 0.259 e. The van der Waals surface area contributed by atoms with Gasteiger partial charge in [0.2, 0.25) is 0 Å². The van der Waals surface area contributed by atoms with Gasteiger partial charge in [0.1, 0.15) is 11.3 Å². The van der Waals surface area contributed by atoms with Crippen LogP contribution in [0.2, 0.25) is 0 Å². The molecule has 0 aliphatic rings.